The summed E-state index contributed by atoms with van der Waals surface area (Å²) in [6, 6.07) is 9.67. The molecule has 1 atom stereocenters. The van der Waals surface area contributed by atoms with Crippen molar-refractivity contribution in [1.82, 2.24) is 0 Å². The average molecular weight is 247 g/mol. The van der Waals surface area contributed by atoms with Crippen molar-refractivity contribution >= 4 is 16.7 Å². The molecule has 94 valence electrons. The number of aliphatic carboxylic acids is 1. The molecule has 3 N–H and O–H groups in total. The van der Waals surface area contributed by atoms with E-state index in [1.165, 1.54) is 6.07 Å². The molecule has 0 amide bonds. The second-order valence-electron chi connectivity index (χ2n) is 4.22. The first kappa shape index (κ1) is 12.5. The van der Waals surface area contributed by atoms with Gasteiger partial charge in [0, 0.05) is 17.8 Å². The van der Waals surface area contributed by atoms with Crippen molar-refractivity contribution < 1.29 is 14.3 Å². The van der Waals surface area contributed by atoms with E-state index >= 15 is 0 Å². The third-order valence-electron chi connectivity index (χ3n) is 2.97. The van der Waals surface area contributed by atoms with Crippen molar-refractivity contribution in [1.29, 1.82) is 0 Å². The van der Waals surface area contributed by atoms with E-state index in [9.17, 15) is 9.18 Å². The van der Waals surface area contributed by atoms with E-state index in [1.807, 2.05) is 6.07 Å². The van der Waals surface area contributed by atoms with Gasteiger partial charge in [0.15, 0.2) is 0 Å². The lowest BCUT2D eigenvalue weighted by Gasteiger charge is -2.14. The normalized spacial score (nSPS) is 12.6. The van der Waals surface area contributed by atoms with Crippen LogP contribution in [0.2, 0.25) is 0 Å². The predicted octanol–water partition coefficient (Wildman–Crippen LogP) is 2.84. The minimum absolute atomic E-state index is 0.00682. The summed E-state index contributed by atoms with van der Waals surface area (Å²) in [6.45, 7) is 0. The van der Waals surface area contributed by atoms with Crippen LogP contribution in [0.25, 0.3) is 10.8 Å². The molecule has 0 spiro atoms. The molecular formula is C14H14FNO2. The third kappa shape index (κ3) is 2.49. The quantitative estimate of drug-likeness (QED) is 0.873. The largest absolute Gasteiger partial charge is 0.481 e. The number of halogens is 1. The number of hydrogen-bond donors (Lipinski definition) is 2. The van der Waals surface area contributed by atoms with E-state index in [-0.39, 0.29) is 12.2 Å². The molecule has 4 heteroatoms. The molecule has 0 heterocycles. The number of rotatable bonds is 4. The molecule has 0 radical (unpaired) electrons. The van der Waals surface area contributed by atoms with Crippen LogP contribution in [0.15, 0.2) is 36.4 Å². The Balaban J connectivity index is 2.39. The summed E-state index contributed by atoms with van der Waals surface area (Å²) in [6.07, 6.45) is 0.345. The Bertz CT molecular complexity index is 583. The minimum atomic E-state index is -0.878. The van der Waals surface area contributed by atoms with Crippen molar-refractivity contribution in [3.05, 3.63) is 47.8 Å². The van der Waals surface area contributed by atoms with Crippen molar-refractivity contribution in [3.63, 3.8) is 0 Å². The Morgan fingerprint density at radius 1 is 1.22 bits per heavy atom. The molecule has 0 aliphatic rings. The van der Waals surface area contributed by atoms with E-state index in [2.05, 4.69) is 0 Å². The van der Waals surface area contributed by atoms with Crippen molar-refractivity contribution in [2.75, 3.05) is 0 Å². The zero-order valence-electron chi connectivity index (χ0n) is 9.77. The Hall–Kier alpha value is -1.94. The number of carboxylic acids is 1. The van der Waals surface area contributed by atoms with Gasteiger partial charge in [0.05, 0.1) is 0 Å². The molecule has 0 fully saturated rings. The van der Waals surface area contributed by atoms with Gasteiger partial charge in [-0.15, -0.1) is 0 Å². The number of benzene rings is 2. The smallest absolute Gasteiger partial charge is 0.303 e. The van der Waals surface area contributed by atoms with E-state index in [1.54, 1.807) is 24.3 Å². The first-order chi connectivity index (χ1) is 8.59. The molecule has 0 saturated carbocycles. The Labute approximate surface area is 104 Å². The topological polar surface area (TPSA) is 63.3 Å². The predicted molar refractivity (Wildman–Crippen MR) is 67.7 cm³/mol. The highest BCUT2D eigenvalue weighted by molar-refractivity contribution is 5.86. The molecule has 3 nitrogen and oxygen atoms in total. The standard InChI is InChI=1S/C14H14FNO2/c15-12-6-5-11(13(16)7-8-14(17)18)9-3-1-2-4-10(9)12/h1-6,13H,7-8,16H2,(H,17,18). The molecule has 2 aromatic carbocycles. The van der Waals surface area contributed by atoms with Gasteiger partial charge in [-0.05, 0) is 23.4 Å². The molecule has 0 saturated heterocycles. The molecular weight excluding hydrogens is 233 g/mol. The number of fused-ring (bicyclic) bond motifs is 1. The summed E-state index contributed by atoms with van der Waals surface area (Å²) in [5, 5.41) is 9.91. The van der Waals surface area contributed by atoms with Crippen LogP contribution in [-0.4, -0.2) is 11.1 Å². The maximum absolute atomic E-state index is 13.6. The Morgan fingerprint density at radius 2 is 1.89 bits per heavy atom. The molecule has 0 bridgehead atoms. The lowest BCUT2D eigenvalue weighted by atomic mass is 9.96. The second-order valence-corrected chi connectivity index (χ2v) is 4.22. The summed E-state index contributed by atoms with van der Waals surface area (Å²) in [5.41, 5.74) is 6.76. The number of carbonyl (C=O) groups is 1. The fourth-order valence-electron chi connectivity index (χ4n) is 2.04. The van der Waals surface area contributed by atoms with Gasteiger partial charge in [-0.1, -0.05) is 30.3 Å². The SMILES string of the molecule is NC(CCC(=O)O)c1ccc(F)c2ccccc12. The zero-order chi connectivity index (χ0) is 13.1. The van der Waals surface area contributed by atoms with Crippen LogP contribution in [0.4, 0.5) is 4.39 Å². The van der Waals surface area contributed by atoms with E-state index in [0.717, 1.165) is 10.9 Å². The summed E-state index contributed by atoms with van der Waals surface area (Å²) >= 11 is 0. The van der Waals surface area contributed by atoms with Crippen molar-refractivity contribution in [2.45, 2.75) is 18.9 Å². The molecule has 0 aliphatic heterocycles. The zero-order valence-corrected chi connectivity index (χ0v) is 9.77. The van der Waals surface area contributed by atoms with Gasteiger partial charge in [0.25, 0.3) is 0 Å². The highest BCUT2D eigenvalue weighted by Crippen LogP contribution is 2.27. The van der Waals surface area contributed by atoms with Gasteiger partial charge in [-0.2, -0.15) is 0 Å². The number of nitrogens with two attached hydrogens (primary N) is 1. The van der Waals surface area contributed by atoms with Crippen LogP contribution in [0.3, 0.4) is 0 Å². The Morgan fingerprint density at radius 3 is 2.56 bits per heavy atom. The van der Waals surface area contributed by atoms with Gasteiger partial charge >= 0.3 is 5.97 Å². The summed E-state index contributed by atoms with van der Waals surface area (Å²) in [4.78, 5) is 10.5. The highest BCUT2D eigenvalue weighted by Gasteiger charge is 2.13. The maximum Gasteiger partial charge on any atom is 0.303 e. The molecule has 2 aromatic rings. The van der Waals surface area contributed by atoms with Gasteiger partial charge in [0.2, 0.25) is 0 Å². The average Bonchev–Trinajstić information content (AvgIpc) is 2.37. The lowest BCUT2D eigenvalue weighted by molar-refractivity contribution is -0.137. The first-order valence-corrected chi connectivity index (χ1v) is 5.74. The molecule has 0 aliphatic carbocycles. The van der Waals surface area contributed by atoms with Crippen LogP contribution >= 0.6 is 0 Å². The lowest BCUT2D eigenvalue weighted by Crippen LogP contribution is -2.12. The van der Waals surface area contributed by atoms with Crippen LogP contribution in [-0.2, 0) is 4.79 Å². The van der Waals surface area contributed by atoms with Gasteiger partial charge in [0.1, 0.15) is 5.82 Å². The minimum Gasteiger partial charge on any atom is -0.481 e. The molecule has 1 unspecified atom stereocenters. The van der Waals surface area contributed by atoms with Gasteiger partial charge in [-0.25, -0.2) is 4.39 Å². The number of hydrogen-bond acceptors (Lipinski definition) is 2. The van der Waals surface area contributed by atoms with E-state index < -0.39 is 12.0 Å². The Kier molecular flexibility index (Phi) is 3.58. The third-order valence-corrected chi connectivity index (χ3v) is 2.97. The van der Waals surface area contributed by atoms with Crippen LogP contribution in [0, 0.1) is 5.82 Å². The van der Waals surface area contributed by atoms with Crippen LogP contribution in [0.5, 0.6) is 0 Å². The first-order valence-electron chi connectivity index (χ1n) is 5.74. The molecule has 0 aromatic heterocycles. The van der Waals surface area contributed by atoms with Crippen LogP contribution in [0.1, 0.15) is 24.4 Å². The highest BCUT2D eigenvalue weighted by atomic mass is 19.1. The van der Waals surface area contributed by atoms with E-state index in [4.69, 9.17) is 10.8 Å². The number of carboxylic acid groups (broad SMARTS) is 1. The van der Waals surface area contributed by atoms with Crippen LogP contribution < -0.4 is 5.73 Å². The van der Waals surface area contributed by atoms with Gasteiger partial charge in [-0.3, -0.25) is 4.79 Å². The summed E-state index contributed by atoms with van der Waals surface area (Å²) < 4.78 is 13.6. The van der Waals surface area contributed by atoms with Crippen molar-refractivity contribution in [3.8, 4) is 0 Å². The maximum atomic E-state index is 13.6. The fourth-order valence-corrected chi connectivity index (χ4v) is 2.04. The van der Waals surface area contributed by atoms with Crippen molar-refractivity contribution in [2.24, 2.45) is 5.73 Å². The molecule has 18 heavy (non-hydrogen) atoms. The summed E-state index contributed by atoms with van der Waals surface area (Å²) in [5.74, 6) is -1.17. The monoisotopic (exact) mass is 247 g/mol. The van der Waals surface area contributed by atoms with Gasteiger partial charge < -0.3 is 10.8 Å². The second kappa shape index (κ2) is 5.14. The van der Waals surface area contributed by atoms with E-state index in [0.29, 0.717) is 11.8 Å². The fraction of sp³-hybridized carbons (Fsp3) is 0.214. The molecule has 2 rings (SSSR count). The summed E-state index contributed by atoms with van der Waals surface area (Å²) in [7, 11) is 0.